The maximum atomic E-state index is 12.2. The van der Waals surface area contributed by atoms with E-state index in [0.717, 1.165) is 43.4 Å². The van der Waals surface area contributed by atoms with Gasteiger partial charge in [-0.3, -0.25) is 4.99 Å². The fraction of sp³-hybridized carbons (Fsp3) is 0.765. The van der Waals surface area contributed by atoms with Crippen molar-refractivity contribution in [3.05, 3.63) is 11.3 Å². The number of likely N-dealkylation sites (tertiary alicyclic amines) is 1. The molecule has 1 saturated heterocycles. The van der Waals surface area contributed by atoms with E-state index >= 15 is 0 Å². The second-order valence-electron chi connectivity index (χ2n) is 7.73. The van der Waals surface area contributed by atoms with Crippen molar-refractivity contribution in [3.8, 4) is 0 Å². The molecule has 2 aliphatic heterocycles. The van der Waals surface area contributed by atoms with Gasteiger partial charge in [0, 0.05) is 30.4 Å². The van der Waals surface area contributed by atoms with Gasteiger partial charge in [-0.25, -0.2) is 4.79 Å². The molecule has 0 aromatic heterocycles. The number of aliphatic hydroxyl groups excluding tert-OH is 1. The third-order valence-corrected chi connectivity index (χ3v) is 5.00. The highest BCUT2D eigenvalue weighted by atomic mass is 16.6. The number of nitrogens with zero attached hydrogens (tertiary/aromatic N) is 2. The highest BCUT2D eigenvalue weighted by Crippen LogP contribution is 2.51. The minimum absolute atomic E-state index is 0.120. The molecule has 22 heavy (non-hydrogen) atoms. The standard InChI is InChI=1S/C17H26N2O3/c1-16(2,3)22-15(21)19-9-6-17(7-10-19)11-13-12(14(17)20)5-4-8-18-13/h8,14,20H,4-7,9-11H2,1-3H3. The van der Waals surface area contributed by atoms with Gasteiger partial charge in [0.15, 0.2) is 0 Å². The Morgan fingerprint density at radius 1 is 1.41 bits per heavy atom. The summed E-state index contributed by atoms with van der Waals surface area (Å²) < 4.78 is 5.44. The Bertz CT molecular complexity index is 523. The Labute approximate surface area is 132 Å². The molecule has 5 nitrogen and oxygen atoms in total. The molecular weight excluding hydrogens is 280 g/mol. The Hall–Kier alpha value is -1.36. The van der Waals surface area contributed by atoms with E-state index < -0.39 is 5.60 Å². The molecule has 0 aromatic carbocycles. The molecule has 1 spiro atoms. The number of carbonyl (C=O) groups excluding carboxylic acids is 1. The predicted molar refractivity (Wildman–Crippen MR) is 84.8 cm³/mol. The molecule has 5 heteroatoms. The summed E-state index contributed by atoms with van der Waals surface area (Å²) in [6.07, 6.45) is 5.66. The third-order valence-electron chi connectivity index (χ3n) is 5.00. The summed E-state index contributed by atoms with van der Waals surface area (Å²) in [5.74, 6) is 0. The smallest absolute Gasteiger partial charge is 0.410 e. The van der Waals surface area contributed by atoms with Crippen molar-refractivity contribution in [3.63, 3.8) is 0 Å². The van der Waals surface area contributed by atoms with E-state index in [9.17, 15) is 9.90 Å². The number of rotatable bonds is 0. The van der Waals surface area contributed by atoms with Crippen LogP contribution in [-0.4, -0.2) is 47.1 Å². The lowest BCUT2D eigenvalue weighted by atomic mass is 9.73. The summed E-state index contributed by atoms with van der Waals surface area (Å²) in [4.78, 5) is 18.4. The zero-order valence-corrected chi connectivity index (χ0v) is 13.8. The van der Waals surface area contributed by atoms with Gasteiger partial charge in [0.2, 0.25) is 0 Å². The molecule has 0 bridgehead atoms. The third kappa shape index (κ3) is 2.78. The van der Waals surface area contributed by atoms with E-state index in [1.165, 1.54) is 0 Å². The zero-order valence-electron chi connectivity index (χ0n) is 13.8. The molecule has 1 aliphatic carbocycles. The lowest BCUT2D eigenvalue weighted by Gasteiger charge is -2.42. The summed E-state index contributed by atoms with van der Waals surface area (Å²) >= 11 is 0. The molecule has 3 aliphatic rings. The maximum Gasteiger partial charge on any atom is 0.410 e. The largest absolute Gasteiger partial charge is 0.444 e. The molecule has 0 saturated carbocycles. The average molecular weight is 306 g/mol. The van der Waals surface area contributed by atoms with Gasteiger partial charge < -0.3 is 14.7 Å². The first-order valence-corrected chi connectivity index (χ1v) is 8.21. The molecule has 1 atom stereocenters. The van der Waals surface area contributed by atoms with Gasteiger partial charge in [-0.15, -0.1) is 0 Å². The van der Waals surface area contributed by atoms with Crippen LogP contribution in [0.3, 0.4) is 0 Å². The normalized spacial score (nSPS) is 27.3. The van der Waals surface area contributed by atoms with Crippen molar-refractivity contribution in [1.82, 2.24) is 4.90 Å². The van der Waals surface area contributed by atoms with Crippen LogP contribution >= 0.6 is 0 Å². The molecule has 3 rings (SSSR count). The number of hydrogen-bond acceptors (Lipinski definition) is 4. The van der Waals surface area contributed by atoms with E-state index in [1.807, 2.05) is 27.0 Å². The van der Waals surface area contributed by atoms with Crippen molar-refractivity contribution >= 4 is 12.3 Å². The molecule has 1 amide bonds. The second kappa shape index (κ2) is 5.37. The van der Waals surface area contributed by atoms with E-state index in [0.29, 0.717) is 13.1 Å². The number of ether oxygens (including phenoxy) is 1. The second-order valence-corrected chi connectivity index (χ2v) is 7.73. The van der Waals surface area contributed by atoms with Crippen LogP contribution in [0.2, 0.25) is 0 Å². The first-order valence-electron chi connectivity index (χ1n) is 8.21. The van der Waals surface area contributed by atoms with Gasteiger partial charge in [0.25, 0.3) is 0 Å². The number of aliphatic hydroxyl groups is 1. The van der Waals surface area contributed by atoms with Gasteiger partial charge in [-0.2, -0.15) is 0 Å². The van der Waals surface area contributed by atoms with Gasteiger partial charge in [0.1, 0.15) is 5.60 Å². The fourth-order valence-corrected chi connectivity index (χ4v) is 3.79. The van der Waals surface area contributed by atoms with Crippen LogP contribution in [0.15, 0.2) is 16.3 Å². The van der Waals surface area contributed by atoms with Gasteiger partial charge in [-0.1, -0.05) is 0 Å². The van der Waals surface area contributed by atoms with Crippen LogP contribution in [0.4, 0.5) is 4.79 Å². The number of amides is 1. The number of hydrogen-bond donors (Lipinski definition) is 1. The van der Waals surface area contributed by atoms with Crippen molar-refractivity contribution in [2.45, 2.75) is 64.6 Å². The predicted octanol–water partition coefficient (Wildman–Crippen LogP) is 2.89. The van der Waals surface area contributed by atoms with Crippen LogP contribution in [-0.2, 0) is 4.74 Å². The van der Waals surface area contributed by atoms with E-state index in [1.54, 1.807) is 4.90 Å². The monoisotopic (exact) mass is 306 g/mol. The van der Waals surface area contributed by atoms with Gasteiger partial charge >= 0.3 is 6.09 Å². The fourth-order valence-electron chi connectivity index (χ4n) is 3.79. The summed E-state index contributed by atoms with van der Waals surface area (Å²) in [7, 11) is 0. The Kier molecular flexibility index (Phi) is 3.79. The lowest BCUT2D eigenvalue weighted by Crippen LogP contribution is -2.48. The molecule has 2 heterocycles. The number of piperidine rings is 1. The molecule has 1 unspecified atom stereocenters. The van der Waals surface area contributed by atoms with Gasteiger partial charge in [-0.05, 0) is 58.4 Å². The highest BCUT2D eigenvalue weighted by molar-refractivity contribution is 5.68. The van der Waals surface area contributed by atoms with Crippen molar-refractivity contribution in [2.75, 3.05) is 13.1 Å². The Balaban J connectivity index is 1.63. The number of carbonyl (C=O) groups is 1. The molecule has 0 aromatic rings. The SMILES string of the molecule is CC(C)(C)OC(=O)N1CCC2(CC1)CC1=C(CCC=N1)C2O. The molecule has 1 fully saturated rings. The van der Waals surface area contributed by atoms with E-state index in [2.05, 4.69) is 4.99 Å². The van der Waals surface area contributed by atoms with Crippen LogP contribution in [0.1, 0.15) is 52.9 Å². The Morgan fingerprint density at radius 2 is 2.09 bits per heavy atom. The molecule has 122 valence electrons. The van der Waals surface area contributed by atoms with Crippen molar-refractivity contribution < 1.29 is 14.6 Å². The summed E-state index contributed by atoms with van der Waals surface area (Å²) in [5.41, 5.74) is 1.64. The highest BCUT2D eigenvalue weighted by Gasteiger charge is 2.49. The van der Waals surface area contributed by atoms with E-state index in [-0.39, 0.29) is 17.6 Å². The minimum Gasteiger partial charge on any atom is -0.444 e. The topological polar surface area (TPSA) is 62.1 Å². The first kappa shape index (κ1) is 15.5. The zero-order chi connectivity index (χ0) is 16.0. The minimum atomic E-state index is -0.464. The van der Waals surface area contributed by atoms with Crippen LogP contribution < -0.4 is 0 Å². The first-order chi connectivity index (χ1) is 10.3. The van der Waals surface area contributed by atoms with E-state index in [4.69, 9.17) is 4.74 Å². The number of aliphatic imine (C=N–C) groups is 1. The Morgan fingerprint density at radius 3 is 2.68 bits per heavy atom. The molecular formula is C17H26N2O3. The summed E-state index contributed by atoms with van der Waals surface area (Å²) in [6, 6.07) is 0. The van der Waals surface area contributed by atoms with Gasteiger partial charge in [0.05, 0.1) is 6.10 Å². The van der Waals surface area contributed by atoms with Crippen molar-refractivity contribution in [1.29, 1.82) is 0 Å². The summed E-state index contributed by atoms with van der Waals surface area (Å²) in [5, 5.41) is 10.7. The quantitative estimate of drug-likeness (QED) is 0.748. The van der Waals surface area contributed by atoms with Crippen LogP contribution in [0.5, 0.6) is 0 Å². The maximum absolute atomic E-state index is 12.2. The van der Waals surface area contributed by atoms with Crippen molar-refractivity contribution in [2.24, 2.45) is 10.4 Å². The molecule has 1 N–H and O–H groups in total. The average Bonchev–Trinajstić information content (AvgIpc) is 2.71. The molecule has 0 radical (unpaired) electrons. The van der Waals surface area contributed by atoms with Crippen LogP contribution in [0, 0.1) is 5.41 Å². The summed E-state index contributed by atoms with van der Waals surface area (Å²) in [6.45, 7) is 6.94. The number of allylic oxidation sites excluding steroid dienone is 1. The van der Waals surface area contributed by atoms with Crippen LogP contribution in [0.25, 0.3) is 0 Å². The lowest BCUT2D eigenvalue weighted by molar-refractivity contribution is -0.0138.